The average molecular weight is 506 g/mol. The second kappa shape index (κ2) is 6.27. The van der Waals surface area contributed by atoms with Crippen LogP contribution in [-0.2, 0) is 10.0 Å². The molecule has 3 N–H and O–H groups in total. The van der Waals surface area contributed by atoms with E-state index in [9.17, 15) is 12.8 Å². The zero-order valence-corrected chi connectivity index (χ0v) is 15.5. The number of nitrogens with two attached hydrogens (primary N) is 1. The minimum Gasteiger partial charge on any atom is -0.398 e. The van der Waals surface area contributed by atoms with Gasteiger partial charge in [-0.25, -0.2) is 12.8 Å². The van der Waals surface area contributed by atoms with Crippen molar-refractivity contribution in [1.29, 1.82) is 0 Å². The number of sulfonamides is 1. The third-order valence-electron chi connectivity index (χ3n) is 2.52. The summed E-state index contributed by atoms with van der Waals surface area (Å²) >= 11 is 11.0. The minimum absolute atomic E-state index is 0.116. The molecule has 2 rings (SSSR count). The van der Waals surface area contributed by atoms with E-state index >= 15 is 0 Å². The van der Waals surface area contributed by atoms with Gasteiger partial charge in [0.15, 0.2) is 0 Å². The van der Waals surface area contributed by atoms with E-state index in [1.807, 2.05) is 22.6 Å². The number of benzene rings is 2. The van der Waals surface area contributed by atoms with Crippen molar-refractivity contribution in [3.8, 4) is 0 Å². The minimum atomic E-state index is -4.13. The molecule has 2 aromatic carbocycles. The van der Waals surface area contributed by atoms with E-state index in [-0.39, 0.29) is 20.9 Å². The van der Waals surface area contributed by atoms with Crippen LogP contribution < -0.4 is 10.5 Å². The van der Waals surface area contributed by atoms with E-state index in [2.05, 4.69) is 20.7 Å². The molecule has 0 amide bonds. The summed E-state index contributed by atoms with van der Waals surface area (Å²) in [6, 6.07) is 6.81. The molecule has 0 aliphatic rings. The molecule has 0 heterocycles. The second-order valence-corrected chi connectivity index (χ2v) is 8.19. The van der Waals surface area contributed by atoms with Gasteiger partial charge in [-0.1, -0.05) is 11.6 Å². The molecule has 2 aromatic rings. The Morgan fingerprint density at radius 3 is 2.57 bits per heavy atom. The SMILES string of the molecule is Nc1cc(S(=O)(=O)Nc2ccc(I)cc2Cl)c(F)cc1Br. The first-order valence-corrected chi connectivity index (χ1v) is 9.16. The van der Waals surface area contributed by atoms with Gasteiger partial charge in [-0.2, -0.15) is 0 Å². The van der Waals surface area contributed by atoms with Crippen molar-refractivity contribution >= 4 is 71.5 Å². The van der Waals surface area contributed by atoms with Crippen LogP contribution in [-0.4, -0.2) is 8.42 Å². The molecule has 21 heavy (non-hydrogen) atoms. The van der Waals surface area contributed by atoms with Gasteiger partial charge in [0, 0.05) is 13.7 Å². The van der Waals surface area contributed by atoms with Gasteiger partial charge < -0.3 is 5.73 Å². The molecule has 0 saturated carbocycles. The maximum absolute atomic E-state index is 13.9. The summed E-state index contributed by atoms with van der Waals surface area (Å²) in [5.41, 5.74) is 5.88. The number of halogens is 4. The lowest BCUT2D eigenvalue weighted by atomic mass is 10.3. The lowest BCUT2D eigenvalue weighted by molar-refractivity contribution is 0.570. The maximum atomic E-state index is 13.9. The van der Waals surface area contributed by atoms with E-state index in [1.165, 1.54) is 6.07 Å². The first kappa shape index (κ1) is 16.8. The summed E-state index contributed by atoms with van der Waals surface area (Å²) in [4.78, 5) is -0.544. The highest BCUT2D eigenvalue weighted by Gasteiger charge is 2.21. The normalized spacial score (nSPS) is 11.4. The highest BCUT2D eigenvalue weighted by atomic mass is 127. The van der Waals surface area contributed by atoms with E-state index in [1.54, 1.807) is 12.1 Å². The summed E-state index contributed by atoms with van der Waals surface area (Å²) in [6.45, 7) is 0. The molecule has 0 atom stereocenters. The standard InChI is InChI=1S/C12H8BrClFIN2O2S/c13-7-4-9(15)12(5-10(7)17)21(19,20)18-11-2-1-6(16)3-8(11)14/h1-5,18H,17H2. The van der Waals surface area contributed by atoms with Gasteiger partial charge in [-0.05, 0) is 68.9 Å². The van der Waals surface area contributed by atoms with Gasteiger partial charge >= 0.3 is 0 Å². The number of anilines is 2. The molecule has 0 radical (unpaired) electrons. The zero-order valence-electron chi connectivity index (χ0n) is 10.2. The lowest BCUT2D eigenvalue weighted by Gasteiger charge is -2.11. The lowest BCUT2D eigenvalue weighted by Crippen LogP contribution is -2.15. The Bertz CT molecular complexity index is 817. The van der Waals surface area contributed by atoms with Crippen molar-refractivity contribution in [2.45, 2.75) is 4.90 Å². The van der Waals surface area contributed by atoms with Crippen molar-refractivity contribution in [2.75, 3.05) is 10.5 Å². The first-order chi connectivity index (χ1) is 9.70. The smallest absolute Gasteiger partial charge is 0.264 e. The molecule has 9 heteroatoms. The summed E-state index contributed by atoms with van der Waals surface area (Å²) in [5, 5.41) is 0.218. The Balaban J connectivity index is 2.46. The molecule has 0 spiro atoms. The Morgan fingerprint density at radius 2 is 1.95 bits per heavy atom. The summed E-state index contributed by atoms with van der Waals surface area (Å²) in [6.07, 6.45) is 0. The van der Waals surface area contributed by atoms with Gasteiger partial charge in [0.1, 0.15) is 10.7 Å². The largest absolute Gasteiger partial charge is 0.398 e. The zero-order chi connectivity index (χ0) is 15.8. The van der Waals surface area contributed by atoms with Gasteiger partial charge in [-0.15, -0.1) is 0 Å². The van der Waals surface area contributed by atoms with Crippen LogP contribution >= 0.6 is 50.1 Å². The van der Waals surface area contributed by atoms with Gasteiger partial charge in [-0.3, -0.25) is 4.72 Å². The highest BCUT2D eigenvalue weighted by molar-refractivity contribution is 14.1. The van der Waals surface area contributed by atoms with Crippen LogP contribution in [0.25, 0.3) is 0 Å². The molecule has 4 nitrogen and oxygen atoms in total. The molecule has 0 unspecified atom stereocenters. The Morgan fingerprint density at radius 1 is 1.29 bits per heavy atom. The fourth-order valence-corrected chi connectivity index (χ4v) is 3.97. The molecule has 0 fully saturated rings. The van der Waals surface area contributed by atoms with Crippen molar-refractivity contribution in [2.24, 2.45) is 0 Å². The van der Waals surface area contributed by atoms with Crippen LogP contribution in [0.5, 0.6) is 0 Å². The monoisotopic (exact) mass is 504 g/mol. The quantitative estimate of drug-likeness (QED) is 0.485. The summed E-state index contributed by atoms with van der Waals surface area (Å²) < 4.78 is 41.7. The average Bonchev–Trinajstić information content (AvgIpc) is 2.37. The van der Waals surface area contributed by atoms with E-state index in [4.69, 9.17) is 17.3 Å². The van der Waals surface area contributed by atoms with E-state index in [0.717, 1.165) is 15.7 Å². The molecule has 112 valence electrons. The van der Waals surface area contributed by atoms with Crippen LogP contribution in [0.3, 0.4) is 0 Å². The summed E-state index contributed by atoms with van der Waals surface area (Å²) in [7, 11) is -4.13. The summed E-state index contributed by atoms with van der Waals surface area (Å²) in [5.74, 6) is -0.912. The van der Waals surface area contributed by atoms with Crippen molar-refractivity contribution in [1.82, 2.24) is 0 Å². The third-order valence-corrected chi connectivity index (χ3v) is 5.57. The van der Waals surface area contributed by atoms with Crippen LogP contribution in [0.4, 0.5) is 15.8 Å². The predicted octanol–water partition coefficient (Wildman–Crippen LogP) is 4.23. The van der Waals surface area contributed by atoms with Crippen LogP contribution in [0, 0.1) is 9.39 Å². The topological polar surface area (TPSA) is 72.2 Å². The second-order valence-electron chi connectivity index (χ2n) is 4.03. The molecular weight excluding hydrogens is 497 g/mol. The van der Waals surface area contributed by atoms with Gasteiger partial charge in [0.05, 0.1) is 10.7 Å². The molecule has 0 saturated heterocycles. The van der Waals surface area contributed by atoms with Crippen LogP contribution in [0.2, 0.25) is 5.02 Å². The number of nitrogens with one attached hydrogen (secondary N) is 1. The molecular formula is C12H8BrClFIN2O2S. The number of hydrogen-bond donors (Lipinski definition) is 2. The number of rotatable bonds is 3. The number of hydrogen-bond acceptors (Lipinski definition) is 3. The van der Waals surface area contributed by atoms with Crippen LogP contribution in [0.1, 0.15) is 0 Å². The predicted molar refractivity (Wildman–Crippen MR) is 93.5 cm³/mol. The molecule has 0 bridgehead atoms. The maximum Gasteiger partial charge on any atom is 0.264 e. The molecule has 0 aliphatic heterocycles. The fraction of sp³-hybridized carbons (Fsp3) is 0. The third kappa shape index (κ3) is 3.79. The number of nitrogen functional groups attached to an aromatic ring is 1. The van der Waals surface area contributed by atoms with E-state index < -0.39 is 20.7 Å². The van der Waals surface area contributed by atoms with Crippen molar-refractivity contribution in [3.63, 3.8) is 0 Å². The van der Waals surface area contributed by atoms with Gasteiger partial charge in [0.25, 0.3) is 10.0 Å². The molecule has 0 aromatic heterocycles. The van der Waals surface area contributed by atoms with Crippen LogP contribution in [0.15, 0.2) is 39.7 Å². The Hall–Kier alpha value is -0.580. The van der Waals surface area contributed by atoms with E-state index in [0.29, 0.717) is 0 Å². The fourth-order valence-electron chi connectivity index (χ4n) is 1.52. The van der Waals surface area contributed by atoms with Crippen molar-refractivity contribution in [3.05, 3.63) is 49.2 Å². The molecule has 0 aliphatic carbocycles. The Kier molecular flexibility index (Phi) is 5.01. The highest BCUT2D eigenvalue weighted by Crippen LogP contribution is 2.30. The Labute approximate surface area is 148 Å². The van der Waals surface area contributed by atoms with Gasteiger partial charge in [0.2, 0.25) is 0 Å². The first-order valence-electron chi connectivity index (χ1n) is 5.43. The van der Waals surface area contributed by atoms with Crippen molar-refractivity contribution < 1.29 is 12.8 Å².